The predicted octanol–water partition coefficient (Wildman–Crippen LogP) is 1.63. The van der Waals surface area contributed by atoms with Gasteiger partial charge >= 0.3 is 5.97 Å². The molecule has 20 heavy (non-hydrogen) atoms. The Balaban J connectivity index is 2.91. The summed E-state index contributed by atoms with van der Waals surface area (Å²) >= 11 is 0. The monoisotopic (exact) mass is 278 g/mol. The Morgan fingerprint density at radius 2 is 2.30 bits per heavy atom. The summed E-state index contributed by atoms with van der Waals surface area (Å²) in [7, 11) is 0. The van der Waals surface area contributed by atoms with Crippen LogP contribution in [-0.2, 0) is 4.79 Å². The molecule has 1 atom stereocenters. The lowest BCUT2D eigenvalue weighted by atomic mass is 9.96. The van der Waals surface area contributed by atoms with Crippen molar-refractivity contribution in [3.63, 3.8) is 0 Å². The van der Waals surface area contributed by atoms with Crippen LogP contribution in [0.4, 0.5) is 11.5 Å². The van der Waals surface area contributed by atoms with Crippen molar-refractivity contribution in [1.82, 2.24) is 4.98 Å². The Morgan fingerprint density at radius 1 is 1.65 bits per heavy atom. The van der Waals surface area contributed by atoms with Crippen molar-refractivity contribution in [1.29, 1.82) is 5.26 Å². The van der Waals surface area contributed by atoms with Crippen molar-refractivity contribution in [2.75, 3.05) is 11.9 Å². The lowest BCUT2D eigenvalue weighted by molar-refractivity contribution is -0.385. The molecular weight excluding hydrogens is 264 g/mol. The standard InChI is InChI=1S/C12H14N4O4/c1-7(2)10(12(17)18)6-15-11-8(4-13)3-9(5-14-11)16(19)20/h3,5,7,10H,6H2,1-2H3,(H,14,15)(H,17,18). The second-order valence-corrected chi connectivity index (χ2v) is 4.53. The molecule has 1 rings (SSSR count). The highest BCUT2D eigenvalue weighted by Gasteiger charge is 2.22. The summed E-state index contributed by atoms with van der Waals surface area (Å²) in [5.41, 5.74) is -0.280. The predicted molar refractivity (Wildman–Crippen MR) is 70.1 cm³/mol. The van der Waals surface area contributed by atoms with Crippen LogP contribution in [0.3, 0.4) is 0 Å². The highest BCUT2D eigenvalue weighted by molar-refractivity contribution is 5.71. The molecule has 0 aliphatic heterocycles. The van der Waals surface area contributed by atoms with Gasteiger partial charge in [0.15, 0.2) is 0 Å². The molecule has 0 fully saturated rings. The van der Waals surface area contributed by atoms with Gasteiger partial charge in [-0.2, -0.15) is 5.26 Å². The van der Waals surface area contributed by atoms with Gasteiger partial charge in [0.05, 0.1) is 10.8 Å². The van der Waals surface area contributed by atoms with Crippen LogP contribution >= 0.6 is 0 Å². The molecule has 0 aliphatic rings. The van der Waals surface area contributed by atoms with Crippen LogP contribution in [0, 0.1) is 33.3 Å². The molecule has 0 radical (unpaired) electrons. The van der Waals surface area contributed by atoms with Gasteiger partial charge in [0.25, 0.3) is 5.69 Å². The van der Waals surface area contributed by atoms with E-state index in [0.29, 0.717) is 0 Å². The van der Waals surface area contributed by atoms with Crippen molar-refractivity contribution in [2.24, 2.45) is 11.8 Å². The average Bonchev–Trinajstić information content (AvgIpc) is 2.37. The number of rotatable bonds is 6. The van der Waals surface area contributed by atoms with E-state index in [1.54, 1.807) is 19.9 Å². The number of hydrogen-bond acceptors (Lipinski definition) is 6. The molecule has 0 bridgehead atoms. The minimum absolute atomic E-state index is 0.00657. The van der Waals surface area contributed by atoms with Crippen molar-refractivity contribution in [3.8, 4) is 6.07 Å². The fourth-order valence-corrected chi connectivity index (χ4v) is 1.59. The van der Waals surface area contributed by atoms with E-state index in [4.69, 9.17) is 10.4 Å². The number of anilines is 1. The summed E-state index contributed by atoms with van der Waals surface area (Å²) in [4.78, 5) is 24.8. The van der Waals surface area contributed by atoms with E-state index in [9.17, 15) is 14.9 Å². The van der Waals surface area contributed by atoms with Gasteiger partial charge in [-0.15, -0.1) is 0 Å². The Kier molecular flexibility index (Phi) is 4.97. The smallest absolute Gasteiger partial charge is 0.308 e. The van der Waals surface area contributed by atoms with Crippen LogP contribution in [0.2, 0.25) is 0 Å². The SMILES string of the molecule is CC(C)C(CNc1ncc([N+](=O)[O-])cc1C#N)C(=O)O. The number of carboxylic acid groups (broad SMARTS) is 1. The van der Waals surface area contributed by atoms with Crippen LogP contribution in [0.25, 0.3) is 0 Å². The van der Waals surface area contributed by atoms with E-state index in [0.717, 1.165) is 12.3 Å². The summed E-state index contributed by atoms with van der Waals surface area (Å²) in [5.74, 6) is -1.54. The van der Waals surface area contributed by atoms with Gasteiger partial charge in [0.2, 0.25) is 0 Å². The molecule has 1 heterocycles. The molecule has 0 aromatic carbocycles. The number of aliphatic carboxylic acids is 1. The summed E-state index contributed by atoms with van der Waals surface area (Å²) in [6.45, 7) is 3.64. The third-order valence-corrected chi connectivity index (χ3v) is 2.82. The first-order chi connectivity index (χ1) is 9.36. The molecule has 106 valence electrons. The van der Waals surface area contributed by atoms with Gasteiger partial charge in [-0.3, -0.25) is 14.9 Å². The Bertz CT molecular complexity index is 565. The Labute approximate surface area is 115 Å². The number of nitro groups is 1. The maximum Gasteiger partial charge on any atom is 0.308 e. The Morgan fingerprint density at radius 3 is 2.75 bits per heavy atom. The first-order valence-electron chi connectivity index (χ1n) is 5.88. The van der Waals surface area contributed by atoms with E-state index in [2.05, 4.69) is 10.3 Å². The second-order valence-electron chi connectivity index (χ2n) is 4.53. The molecule has 1 unspecified atom stereocenters. The minimum Gasteiger partial charge on any atom is -0.481 e. The number of pyridine rings is 1. The van der Waals surface area contributed by atoms with E-state index >= 15 is 0 Å². The number of nitrogens with zero attached hydrogens (tertiary/aromatic N) is 3. The third-order valence-electron chi connectivity index (χ3n) is 2.82. The summed E-state index contributed by atoms with van der Waals surface area (Å²) in [6.07, 6.45) is 1.02. The maximum atomic E-state index is 11.0. The molecule has 0 spiro atoms. The number of aromatic nitrogens is 1. The van der Waals surface area contributed by atoms with Gasteiger partial charge in [-0.1, -0.05) is 13.8 Å². The largest absolute Gasteiger partial charge is 0.481 e. The van der Waals surface area contributed by atoms with E-state index in [1.807, 2.05) is 0 Å². The maximum absolute atomic E-state index is 11.0. The zero-order valence-corrected chi connectivity index (χ0v) is 11.0. The molecule has 0 saturated carbocycles. The van der Waals surface area contributed by atoms with Gasteiger partial charge in [-0.25, -0.2) is 4.98 Å². The zero-order chi connectivity index (χ0) is 15.3. The van der Waals surface area contributed by atoms with Gasteiger partial charge < -0.3 is 10.4 Å². The molecular formula is C12H14N4O4. The van der Waals surface area contributed by atoms with Crippen LogP contribution in [0.5, 0.6) is 0 Å². The van der Waals surface area contributed by atoms with Crippen molar-refractivity contribution in [2.45, 2.75) is 13.8 Å². The van der Waals surface area contributed by atoms with Gasteiger partial charge in [0, 0.05) is 12.6 Å². The van der Waals surface area contributed by atoms with Gasteiger partial charge in [0.1, 0.15) is 23.6 Å². The Hall–Kier alpha value is -2.69. The molecule has 0 amide bonds. The van der Waals surface area contributed by atoms with E-state index in [1.165, 1.54) is 0 Å². The number of carboxylic acids is 1. The van der Waals surface area contributed by atoms with Gasteiger partial charge in [-0.05, 0) is 5.92 Å². The summed E-state index contributed by atoms with van der Waals surface area (Å²) < 4.78 is 0. The molecule has 2 N–H and O–H groups in total. The lowest BCUT2D eigenvalue weighted by Gasteiger charge is -2.17. The van der Waals surface area contributed by atoms with Crippen LogP contribution < -0.4 is 5.32 Å². The van der Waals surface area contributed by atoms with Crippen molar-refractivity contribution in [3.05, 3.63) is 27.9 Å². The van der Waals surface area contributed by atoms with Crippen molar-refractivity contribution < 1.29 is 14.8 Å². The molecule has 8 heteroatoms. The van der Waals surface area contributed by atoms with Crippen LogP contribution in [0.1, 0.15) is 19.4 Å². The number of hydrogen-bond donors (Lipinski definition) is 2. The molecule has 1 aromatic heterocycles. The number of carbonyl (C=O) groups is 1. The highest BCUT2D eigenvalue weighted by Crippen LogP contribution is 2.19. The number of nitrogens with one attached hydrogen (secondary N) is 1. The zero-order valence-electron chi connectivity index (χ0n) is 11.0. The topological polar surface area (TPSA) is 129 Å². The van der Waals surface area contributed by atoms with Crippen LogP contribution in [0.15, 0.2) is 12.3 Å². The summed E-state index contributed by atoms with van der Waals surface area (Å²) in [5, 5.41) is 31.3. The molecule has 0 aliphatic carbocycles. The van der Waals surface area contributed by atoms with Crippen molar-refractivity contribution >= 4 is 17.5 Å². The first-order valence-corrected chi connectivity index (χ1v) is 5.88. The fraction of sp³-hybridized carbons (Fsp3) is 0.417. The fourth-order valence-electron chi connectivity index (χ4n) is 1.59. The van der Waals surface area contributed by atoms with E-state index in [-0.39, 0.29) is 29.5 Å². The normalized spacial score (nSPS) is 11.7. The highest BCUT2D eigenvalue weighted by atomic mass is 16.6. The lowest BCUT2D eigenvalue weighted by Crippen LogP contribution is -2.28. The van der Waals surface area contributed by atoms with Crippen LogP contribution in [-0.4, -0.2) is 27.5 Å². The minimum atomic E-state index is -0.951. The quantitative estimate of drug-likeness (QED) is 0.597. The third kappa shape index (κ3) is 3.65. The molecule has 1 aromatic rings. The van der Waals surface area contributed by atoms with E-state index < -0.39 is 16.8 Å². The number of nitriles is 1. The second kappa shape index (κ2) is 6.47. The average molecular weight is 278 g/mol. The molecule has 0 saturated heterocycles. The molecule has 8 nitrogen and oxygen atoms in total. The first kappa shape index (κ1) is 15.4. The summed E-state index contributed by atoms with van der Waals surface area (Å²) in [6, 6.07) is 2.89.